The molecule has 0 saturated carbocycles. The zero-order chi connectivity index (χ0) is 14.9. The fourth-order valence-corrected chi connectivity index (χ4v) is 2.61. The molecule has 2 aromatic rings. The van der Waals surface area contributed by atoms with Crippen LogP contribution in [0, 0.1) is 0 Å². The fourth-order valence-electron chi connectivity index (χ4n) is 2.61. The van der Waals surface area contributed by atoms with Crippen molar-refractivity contribution < 1.29 is 0 Å². The summed E-state index contributed by atoms with van der Waals surface area (Å²) < 4.78 is 0. The van der Waals surface area contributed by atoms with Gasteiger partial charge in [-0.1, -0.05) is 60.7 Å². The fraction of sp³-hybridized carbons (Fsp3) is 0.368. The molecular weight excluding hydrogens is 327 g/mol. The molecule has 0 aromatic heterocycles. The predicted octanol–water partition coefficient (Wildman–Crippen LogP) is 3.84. The van der Waals surface area contributed by atoms with Crippen molar-refractivity contribution in [3.05, 3.63) is 71.8 Å². The third kappa shape index (κ3) is 8.97. The Morgan fingerprint density at radius 1 is 0.826 bits per heavy atom. The van der Waals surface area contributed by atoms with Crippen molar-refractivity contribution in [1.82, 2.24) is 10.2 Å². The number of rotatable bonds is 8. The van der Waals surface area contributed by atoms with Gasteiger partial charge in [0.25, 0.3) is 0 Å². The monoisotopic (exact) mass is 354 g/mol. The number of nitrogens with one attached hydrogen (secondary N) is 1. The first-order chi connectivity index (χ1) is 10.2. The molecule has 128 valence electrons. The minimum atomic E-state index is 0. The van der Waals surface area contributed by atoms with Gasteiger partial charge in [-0.25, -0.2) is 0 Å². The van der Waals surface area contributed by atoms with Gasteiger partial charge < -0.3 is 10.2 Å². The first-order valence-electron chi connectivity index (χ1n) is 7.70. The van der Waals surface area contributed by atoms with Crippen LogP contribution < -0.4 is 5.32 Å². The summed E-state index contributed by atoms with van der Waals surface area (Å²) in [7, 11) is 4.27. The predicted molar refractivity (Wildman–Crippen MR) is 105 cm³/mol. The van der Waals surface area contributed by atoms with Crippen LogP contribution in [0.15, 0.2) is 60.7 Å². The average Bonchev–Trinajstić information content (AvgIpc) is 2.49. The molecule has 0 saturated heterocycles. The molecule has 0 fully saturated rings. The van der Waals surface area contributed by atoms with Gasteiger partial charge >= 0.3 is 0 Å². The van der Waals surface area contributed by atoms with Gasteiger partial charge in [0.1, 0.15) is 0 Å². The molecular formula is C19H28Cl2N2. The van der Waals surface area contributed by atoms with Gasteiger partial charge in [-0.2, -0.15) is 0 Å². The largest absolute Gasteiger partial charge is 0.312 e. The van der Waals surface area contributed by atoms with Crippen LogP contribution in [0.2, 0.25) is 0 Å². The Labute approximate surface area is 153 Å². The van der Waals surface area contributed by atoms with Gasteiger partial charge in [0.15, 0.2) is 0 Å². The van der Waals surface area contributed by atoms with Crippen LogP contribution in [0.4, 0.5) is 0 Å². The van der Waals surface area contributed by atoms with E-state index < -0.39 is 0 Å². The van der Waals surface area contributed by atoms with E-state index in [-0.39, 0.29) is 24.8 Å². The highest BCUT2D eigenvalue weighted by molar-refractivity contribution is 5.85. The third-order valence-electron chi connectivity index (χ3n) is 3.60. The second kappa shape index (κ2) is 12.4. The summed E-state index contributed by atoms with van der Waals surface area (Å²) in [6.45, 7) is 2.08. The summed E-state index contributed by atoms with van der Waals surface area (Å²) >= 11 is 0. The molecule has 0 radical (unpaired) electrons. The second-order valence-corrected chi connectivity index (χ2v) is 5.84. The standard InChI is InChI=1S/C19H26N2.2ClH/c1-21(2)16-19(15-18-11-7-4-8-12-18)20-14-13-17-9-5-3-6-10-17;;/h3-12,19-20H,13-16H2,1-2H3;2*1H/t19-;;/m0../s1. The third-order valence-corrected chi connectivity index (χ3v) is 3.60. The highest BCUT2D eigenvalue weighted by Crippen LogP contribution is 2.05. The lowest BCUT2D eigenvalue weighted by Crippen LogP contribution is -2.40. The molecule has 2 nitrogen and oxygen atoms in total. The van der Waals surface area contributed by atoms with Crippen molar-refractivity contribution >= 4 is 24.8 Å². The number of hydrogen-bond acceptors (Lipinski definition) is 2. The maximum absolute atomic E-state index is 3.71. The summed E-state index contributed by atoms with van der Waals surface area (Å²) in [5, 5.41) is 3.71. The Morgan fingerprint density at radius 2 is 1.35 bits per heavy atom. The van der Waals surface area contributed by atoms with E-state index in [9.17, 15) is 0 Å². The summed E-state index contributed by atoms with van der Waals surface area (Å²) in [4.78, 5) is 2.25. The minimum Gasteiger partial charge on any atom is -0.312 e. The van der Waals surface area contributed by atoms with Crippen molar-refractivity contribution in [2.75, 3.05) is 27.2 Å². The van der Waals surface area contributed by atoms with Crippen molar-refractivity contribution in [2.24, 2.45) is 0 Å². The maximum atomic E-state index is 3.71. The van der Waals surface area contributed by atoms with Crippen LogP contribution in [0.5, 0.6) is 0 Å². The SMILES string of the molecule is CN(C)C[C@H](Cc1ccccc1)NCCc1ccccc1.Cl.Cl. The smallest absolute Gasteiger partial charge is 0.0235 e. The van der Waals surface area contributed by atoms with E-state index in [1.165, 1.54) is 11.1 Å². The van der Waals surface area contributed by atoms with Gasteiger partial charge in [0, 0.05) is 12.6 Å². The van der Waals surface area contributed by atoms with Crippen LogP contribution >= 0.6 is 24.8 Å². The average molecular weight is 355 g/mol. The molecule has 1 N–H and O–H groups in total. The first kappa shape index (κ1) is 21.9. The van der Waals surface area contributed by atoms with E-state index in [4.69, 9.17) is 0 Å². The molecule has 0 spiro atoms. The summed E-state index contributed by atoms with van der Waals surface area (Å²) in [5.74, 6) is 0. The Hall–Kier alpha value is -1.06. The second-order valence-electron chi connectivity index (χ2n) is 5.84. The first-order valence-corrected chi connectivity index (χ1v) is 7.70. The number of hydrogen-bond donors (Lipinski definition) is 1. The summed E-state index contributed by atoms with van der Waals surface area (Å²) in [5.41, 5.74) is 2.80. The van der Waals surface area contributed by atoms with Crippen molar-refractivity contribution in [3.8, 4) is 0 Å². The quantitative estimate of drug-likeness (QED) is 0.774. The van der Waals surface area contributed by atoms with Crippen LogP contribution in [0.1, 0.15) is 11.1 Å². The molecule has 2 aromatic carbocycles. The molecule has 0 bridgehead atoms. The number of likely N-dealkylation sites (N-methyl/N-ethyl adjacent to an activating group) is 1. The Bertz CT molecular complexity index is 503. The topological polar surface area (TPSA) is 15.3 Å². The molecule has 0 amide bonds. The highest BCUT2D eigenvalue weighted by atomic mass is 35.5. The number of halogens is 2. The molecule has 0 aliphatic carbocycles. The Kier molecular flexibility index (Phi) is 11.8. The summed E-state index contributed by atoms with van der Waals surface area (Å²) in [6, 6.07) is 21.9. The molecule has 1 atom stereocenters. The minimum absolute atomic E-state index is 0. The van der Waals surface area contributed by atoms with E-state index in [2.05, 4.69) is 85.0 Å². The molecule has 0 unspecified atom stereocenters. The lowest BCUT2D eigenvalue weighted by atomic mass is 10.1. The summed E-state index contributed by atoms with van der Waals surface area (Å²) in [6.07, 6.45) is 2.16. The lowest BCUT2D eigenvalue weighted by Gasteiger charge is -2.22. The molecule has 4 heteroatoms. The van der Waals surface area contributed by atoms with E-state index in [0.717, 1.165) is 25.9 Å². The molecule has 2 rings (SSSR count). The van der Waals surface area contributed by atoms with Crippen molar-refractivity contribution in [1.29, 1.82) is 0 Å². The zero-order valence-corrected chi connectivity index (χ0v) is 15.6. The number of nitrogens with zero attached hydrogens (tertiary/aromatic N) is 1. The Morgan fingerprint density at radius 3 is 1.87 bits per heavy atom. The van der Waals surface area contributed by atoms with Crippen LogP contribution in [0.25, 0.3) is 0 Å². The molecule has 23 heavy (non-hydrogen) atoms. The van der Waals surface area contributed by atoms with Gasteiger partial charge in [0.05, 0.1) is 0 Å². The molecule has 0 aliphatic rings. The van der Waals surface area contributed by atoms with E-state index in [1.807, 2.05) is 0 Å². The van der Waals surface area contributed by atoms with E-state index in [0.29, 0.717) is 6.04 Å². The van der Waals surface area contributed by atoms with Crippen LogP contribution in [-0.4, -0.2) is 38.1 Å². The van der Waals surface area contributed by atoms with E-state index in [1.54, 1.807) is 0 Å². The normalized spacial score (nSPS) is 11.4. The van der Waals surface area contributed by atoms with Gasteiger partial charge in [-0.15, -0.1) is 24.8 Å². The van der Waals surface area contributed by atoms with Crippen LogP contribution in [-0.2, 0) is 12.8 Å². The maximum Gasteiger partial charge on any atom is 0.0235 e. The van der Waals surface area contributed by atoms with Gasteiger partial charge in [-0.3, -0.25) is 0 Å². The highest BCUT2D eigenvalue weighted by Gasteiger charge is 2.10. The molecule has 0 aliphatic heterocycles. The zero-order valence-electron chi connectivity index (χ0n) is 13.9. The lowest BCUT2D eigenvalue weighted by molar-refractivity contribution is 0.336. The van der Waals surface area contributed by atoms with Crippen molar-refractivity contribution in [3.63, 3.8) is 0 Å². The molecule has 0 heterocycles. The van der Waals surface area contributed by atoms with E-state index >= 15 is 0 Å². The number of benzene rings is 2. The van der Waals surface area contributed by atoms with Crippen molar-refractivity contribution in [2.45, 2.75) is 18.9 Å². The van der Waals surface area contributed by atoms with Gasteiger partial charge in [-0.05, 0) is 44.6 Å². The Balaban J connectivity index is 0.00000242. The van der Waals surface area contributed by atoms with Gasteiger partial charge in [0.2, 0.25) is 0 Å². The van der Waals surface area contributed by atoms with Crippen LogP contribution in [0.3, 0.4) is 0 Å².